The Hall–Kier alpha value is -1.42. The van der Waals surface area contributed by atoms with E-state index in [9.17, 15) is 16.8 Å². The second-order valence-electron chi connectivity index (χ2n) is 3.22. The number of aryl methyl sites for hydroxylation is 1. The summed E-state index contributed by atoms with van der Waals surface area (Å²) in [5.74, 6) is -0.277. The Balaban J connectivity index is 3.11. The van der Waals surface area contributed by atoms with Crippen LogP contribution >= 0.6 is 0 Å². The van der Waals surface area contributed by atoms with Crippen LogP contribution in [0.1, 0.15) is 5.56 Å². The molecule has 0 radical (unpaired) electrons. The summed E-state index contributed by atoms with van der Waals surface area (Å²) in [6.45, 7) is 1.50. The lowest BCUT2D eigenvalue weighted by Crippen LogP contribution is -2.12. The molecule has 0 spiro atoms. The van der Waals surface area contributed by atoms with E-state index in [0.29, 0.717) is 5.56 Å². The average Bonchev–Trinajstić information content (AvgIpc) is 2.05. The molecule has 0 amide bonds. The Morgan fingerprint density at radius 2 is 1.59 bits per heavy atom. The Bertz CT molecular complexity index is 622. The first-order chi connectivity index (χ1) is 7.57. The van der Waals surface area contributed by atoms with Gasteiger partial charge < -0.3 is 8.37 Å². The molecule has 17 heavy (non-hydrogen) atoms. The molecule has 0 fully saturated rings. The van der Waals surface area contributed by atoms with E-state index in [1.807, 2.05) is 0 Å². The predicted octanol–water partition coefficient (Wildman–Crippen LogP) is -0.538. The number of hydrogen-bond acceptors (Lipinski definition) is 8. The lowest BCUT2D eigenvalue weighted by molar-refractivity contribution is 0.449. The zero-order valence-electron chi connectivity index (χ0n) is 9.24. The van der Waals surface area contributed by atoms with Crippen LogP contribution in [0, 0.1) is 6.92 Å². The molecule has 1 rings (SSSR count). The van der Waals surface area contributed by atoms with Crippen molar-refractivity contribution < 1.29 is 25.2 Å². The van der Waals surface area contributed by atoms with Gasteiger partial charge in [-0.05, 0) is 6.92 Å². The van der Waals surface area contributed by atoms with Crippen molar-refractivity contribution in [3.8, 4) is 11.9 Å². The van der Waals surface area contributed by atoms with Crippen LogP contribution in [0.4, 0.5) is 0 Å². The zero-order chi connectivity index (χ0) is 13.3. The van der Waals surface area contributed by atoms with Gasteiger partial charge in [0.15, 0.2) is 0 Å². The molecule has 96 valence electrons. The van der Waals surface area contributed by atoms with Gasteiger partial charge in [-0.2, -0.15) is 21.8 Å². The summed E-state index contributed by atoms with van der Waals surface area (Å²) in [6.07, 6.45) is 2.84. The summed E-state index contributed by atoms with van der Waals surface area (Å²) in [6, 6.07) is -0.503. The summed E-state index contributed by atoms with van der Waals surface area (Å²) in [7, 11) is -7.54. The Morgan fingerprint density at radius 3 is 2.06 bits per heavy atom. The smallest absolute Gasteiger partial charge is 0.336 e. The molecule has 0 aliphatic carbocycles. The molecule has 0 saturated heterocycles. The first kappa shape index (κ1) is 13.6. The molecule has 0 aromatic carbocycles. The van der Waals surface area contributed by atoms with E-state index in [-0.39, 0.29) is 5.88 Å². The quantitative estimate of drug-likeness (QED) is 0.677. The minimum atomic E-state index is -3.78. The average molecular weight is 282 g/mol. The third kappa shape index (κ3) is 4.95. The van der Waals surface area contributed by atoms with Crippen molar-refractivity contribution in [1.29, 1.82) is 0 Å². The van der Waals surface area contributed by atoms with Crippen molar-refractivity contribution >= 4 is 20.2 Å². The lowest BCUT2D eigenvalue weighted by Gasteiger charge is -2.06. The summed E-state index contributed by atoms with van der Waals surface area (Å²) >= 11 is 0. The van der Waals surface area contributed by atoms with E-state index >= 15 is 0 Å². The van der Waals surface area contributed by atoms with Crippen molar-refractivity contribution in [2.45, 2.75) is 6.92 Å². The van der Waals surface area contributed by atoms with Gasteiger partial charge in [0.2, 0.25) is 5.88 Å². The third-order valence-electron chi connectivity index (χ3n) is 1.36. The molecule has 8 nitrogen and oxygen atoms in total. The highest BCUT2D eigenvalue weighted by atomic mass is 32.2. The van der Waals surface area contributed by atoms with Gasteiger partial charge in [-0.15, -0.1) is 0 Å². The molecule has 0 unspecified atom stereocenters. The van der Waals surface area contributed by atoms with Crippen LogP contribution in [0.15, 0.2) is 6.20 Å². The maximum absolute atomic E-state index is 10.9. The fourth-order valence-electron chi connectivity index (χ4n) is 0.814. The molecule has 0 bridgehead atoms. The first-order valence-corrected chi connectivity index (χ1v) is 7.83. The van der Waals surface area contributed by atoms with E-state index in [1.165, 1.54) is 13.1 Å². The summed E-state index contributed by atoms with van der Waals surface area (Å²) < 4.78 is 52.4. The minimum Gasteiger partial charge on any atom is -0.361 e. The van der Waals surface area contributed by atoms with Crippen LogP contribution in [-0.2, 0) is 20.2 Å². The van der Waals surface area contributed by atoms with Crippen molar-refractivity contribution in [2.24, 2.45) is 0 Å². The molecule has 1 heterocycles. The standard InChI is InChI=1S/C7H10N2O6S2/c1-5-4-8-7(15-17(3,12)13)9-6(5)14-16(2,10)11/h4H,1-3H3. The molecule has 1 aromatic heterocycles. The zero-order valence-corrected chi connectivity index (χ0v) is 10.9. The van der Waals surface area contributed by atoms with Crippen LogP contribution in [0.2, 0.25) is 0 Å². The molecule has 10 heteroatoms. The summed E-state index contributed by atoms with van der Waals surface area (Å²) in [5, 5.41) is 0. The largest absolute Gasteiger partial charge is 0.361 e. The van der Waals surface area contributed by atoms with Crippen molar-refractivity contribution in [2.75, 3.05) is 12.5 Å². The van der Waals surface area contributed by atoms with Gasteiger partial charge >= 0.3 is 26.2 Å². The highest BCUT2D eigenvalue weighted by Gasteiger charge is 2.14. The summed E-state index contributed by atoms with van der Waals surface area (Å²) in [5.41, 5.74) is 0.330. The molecule has 0 atom stereocenters. The van der Waals surface area contributed by atoms with Crippen molar-refractivity contribution in [1.82, 2.24) is 9.97 Å². The van der Waals surface area contributed by atoms with Gasteiger partial charge in [0, 0.05) is 11.8 Å². The van der Waals surface area contributed by atoms with Crippen LogP contribution in [0.25, 0.3) is 0 Å². The fourth-order valence-corrected chi connectivity index (χ4v) is 1.62. The van der Waals surface area contributed by atoms with Crippen LogP contribution < -0.4 is 8.37 Å². The number of rotatable bonds is 4. The Morgan fingerprint density at radius 1 is 1.06 bits per heavy atom. The number of aromatic nitrogens is 2. The second kappa shape index (κ2) is 4.45. The molecule has 0 N–H and O–H groups in total. The predicted molar refractivity (Wildman–Crippen MR) is 57.7 cm³/mol. The monoisotopic (exact) mass is 282 g/mol. The topological polar surface area (TPSA) is 113 Å². The van der Waals surface area contributed by atoms with Gasteiger partial charge in [-0.3, -0.25) is 0 Å². The van der Waals surface area contributed by atoms with Gasteiger partial charge in [0.05, 0.1) is 12.5 Å². The maximum Gasteiger partial charge on any atom is 0.336 e. The van der Waals surface area contributed by atoms with E-state index in [4.69, 9.17) is 0 Å². The van der Waals surface area contributed by atoms with E-state index < -0.39 is 26.2 Å². The van der Waals surface area contributed by atoms with E-state index in [0.717, 1.165) is 12.5 Å². The lowest BCUT2D eigenvalue weighted by atomic mass is 10.4. The molecular weight excluding hydrogens is 272 g/mol. The molecule has 0 aliphatic heterocycles. The molecule has 0 saturated carbocycles. The number of nitrogens with zero attached hydrogens (tertiary/aromatic N) is 2. The third-order valence-corrected chi connectivity index (χ3v) is 2.27. The Labute approximate surface area is 98.9 Å². The Kier molecular flexibility index (Phi) is 3.57. The van der Waals surface area contributed by atoms with Gasteiger partial charge in [0.1, 0.15) is 0 Å². The highest BCUT2D eigenvalue weighted by Crippen LogP contribution is 2.18. The van der Waals surface area contributed by atoms with Crippen molar-refractivity contribution in [3.63, 3.8) is 0 Å². The van der Waals surface area contributed by atoms with Crippen LogP contribution in [-0.4, -0.2) is 39.3 Å². The second-order valence-corrected chi connectivity index (χ2v) is 6.37. The van der Waals surface area contributed by atoms with Gasteiger partial charge in [-0.25, -0.2) is 4.98 Å². The van der Waals surface area contributed by atoms with E-state index in [2.05, 4.69) is 18.3 Å². The SMILES string of the molecule is Cc1cnc(OS(C)(=O)=O)nc1OS(C)(=O)=O. The summed E-state index contributed by atoms with van der Waals surface area (Å²) in [4.78, 5) is 7.10. The van der Waals surface area contributed by atoms with E-state index in [1.54, 1.807) is 0 Å². The van der Waals surface area contributed by atoms with Crippen LogP contribution in [0.3, 0.4) is 0 Å². The maximum atomic E-state index is 10.9. The minimum absolute atomic E-state index is 0.277. The van der Waals surface area contributed by atoms with Crippen LogP contribution in [0.5, 0.6) is 11.9 Å². The fraction of sp³-hybridized carbons (Fsp3) is 0.429. The normalized spacial score (nSPS) is 12.2. The molecular formula is C7H10N2O6S2. The molecule has 0 aliphatic rings. The molecule has 1 aromatic rings. The number of hydrogen-bond donors (Lipinski definition) is 0. The van der Waals surface area contributed by atoms with Gasteiger partial charge in [0.25, 0.3) is 0 Å². The first-order valence-electron chi connectivity index (χ1n) is 4.19. The van der Waals surface area contributed by atoms with Crippen molar-refractivity contribution in [3.05, 3.63) is 11.8 Å². The van der Waals surface area contributed by atoms with Gasteiger partial charge in [-0.1, -0.05) is 0 Å². The highest BCUT2D eigenvalue weighted by molar-refractivity contribution is 7.86.